The molecule has 3 N–H and O–H groups in total. The second-order valence-electron chi connectivity index (χ2n) is 9.72. The molecule has 4 aromatic rings. The Morgan fingerprint density at radius 2 is 1.67 bits per heavy atom. The third-order valence-corrected chi connectivity index (χ3v) is 6.31. The predicted octanol–water partition coefficient (Wildman–Crippen LogP) is 5.68. The van der Waals surface area contributed by atoms with Crippen LogP contribution in [-0.4, -0.2) is 43.8 Å². The van der Waals surface area contributed by atoms with Gasteiger partial charge in [0, 0.05) is 17.4 Å². The minimum atomic E-state index is -4.63. The van der Waals surface area contributed by atoms with Gasteiger partial charge in [-0.3, -0.25) is 4.79 Å². The Kier molecular flexibility index (Phi) is 9.07. The number of halogens is 3. The standard InChI is InChI=1S/C29H28F3N7O4/c1-5-17(4)43-27(41)23(16(2)3)36-26(40)20-14-15-33-39-24(37-38-25(20)39)18-10-12-19(13-11-18)34-28(42)35-22-9-7-6-8-21(22)29(30,31)32/h5-16,23H,1-4H3,(H,36,40)(H2,34,35,42)/b17-5+/t23-/m0/s1. The molecule has 0 aliphatic carbocycles. The van der Waals surface area contributed by atoms with Crippen molar-refractivity contribution in [1.29, 1.82) is 0 Å². The van der Waals surface area contributed by atoms with Gasteiger partial charge >= 0.3 is 18.2 Å². The molecule has 43 heavy (non-hydrogen) atoms. The molecule has 3 amide bonds. The number of alkyl halides is 3. The van der Waals surface area contributed by atoms with Gasteiger partial charge in [0.15, 0.2) is 11.5 Å². The van der Waals surface area contributed by atoms with E-state index in [-0.39, 0.29) is 28.6 Å². The average molecular weight is 596 g/mol. The minimum Gasteiger partial charge on any atom is -0.430 e. The summed E-state index contributed by atoms with van der Waals surface area (Å²) >= 11 is 0. The highest BCUT2D eigenvalue weighted by Crippen LogP contribution is 2.34. The zero-order valence-corrected chi connectivity index (χ0v) is 23.6. The minimum absolute atomic E-state index is 0.129. The molecule has 0 fully saturated rings. The fourth-order valence-corrected chi connectivity index (χ4v) is 3.99. The number of para-hydroxylation sites is 1. The number of fused-ring (bicyclic) bond motifs is 1. The van der Waals surface area contributed by atoms with Crippen LogP contribution in [0.3, 0.4) is 0 Å². The van der Waals surface area contributed by atoms with Crippen LogP contribution in [0.25, 0.3) is 17.0 Å². The molecular formula is C29H28F3N7O4. The Hall–Kier alpha value is -5.27. The molecule has 0 aliphatic rings. The highest BCUT2D eigenvalue weighted by atomic mass is 19.4. The van der Waals surface area contributed by atoms with Crippen LogP contribution in [0, 0.1) is 5.92 Å². The van der Waals surface area contributed by atoms with Gasteiger partial charge in [-0.1, -0.05) is 26.0 Å². The molecule has 0 bridgehead atoms. The molecule has 11 nitrogen and oxygen atoms in total. The number of aromatic nitrogens is 4. The van der Waals surface area contributed by atoms with Crippen LogP contribution in [0.2, 0.25) is 0 Å². The first kappa shape index (κ1) is 30.7. The lowest BCUT2D eigenvalue weighted by molar-refractivity contribution is -0.142. The Labute approximate surface area is 244 Å². The molecule has 4 rings (SSSR count). The van der Waals surface area contributed by atoms with Crippen molar-refractivity contribution in [2.24, 2.45) is 5.92 Å². The van der Waals surface area contributed by atoms with Gasteiger partial charge in [0.2, 0.25) is 0 Å². The van der Waals surface area contributed by atoms with E-state index in [0.717, 1.165) is 12.1 Å². The topological polar surface area (TPSA) is 140 Å². The summed E-state index contributed by atoms with van der Waals surface area (Å²) in [7, 11) is 0. The van der Waals surface area contributed by atoms with E-state index in [0.29, 0.717) is 17.0 Å². The number of rotatable bonds is 8. The summed E-state index contributed by atoms with van der Waals surface area (Å²) in [6, 6.07) is 10.5. The number of hydrogen-bond acceptors (Lipinski definition) is 7. The summed E-state index contributed by atoms with van der Waals surface area (Å²) in [6.07, 6.45) is -1.61. The molecule has 14 heteroatoms. The molecule has 1 atom stereocenters. The maximum Gasteiger partial charge on any atom is 0.418 e. The van der Waals surface area contributed by atoms with Crippen LogP contribution >= 0.6 is 0 Å². The monoisotopic (exact) mass is 595 g/mol. The summed E-state index contributed by atoms with van der Waals surface area (Å²) in [5.41, 5.74) is -0.258. The summed E-state index contributed by atoms with van der Waals surface area (Å²) in [4.78, 5) is 38.2. The first-order chi connectivity index (χ1) is 20.4. The number of ether oxygens (including phenoxy) is 1. The van der Waals surface area contributed by atoms with E-state index in [9.17, 15) is 27.6 Å². The molecule has 0 aliphatic heterocycles. The first-order valence-electron chi connectivity index (χ1n) is 13.1. The van der Waals surface area contributed by atoms with Crippen molar-refractivity contribution >= 4 is 34.9 Å². The molecule has 224 valence electrons. The number of carbonyl (C=O) groups is 3. The number of benzene rings is 2. The number of amides is 3. The van der Waals surface area contributed by atoms with Gasteiger partial charge in [-0.15, -0.1) is 10.2 Å². The molecule has 2 aromatic heterocycles. The van der Waals surface area contributed by atoms with Crippen LogP contribution in [0.1, 0.15) is 43.6 Å². The molecule has 0 saturated heterocycles. The Morgan fingerprint density at radius 1 is 0.977 bits per heavy atom. The highest BCUT2D eigenvalue weighted by Gasteiger charge is 2.33. The van der Waals surface area contributed by atoms with Crippen LogP contribution in [0.5, 0.6) is 0 Å². The summed E-state index contributed by atoms with van der Waals surface area (Å²) < 4.78 is 46.3. The normalized spacial score (nSPS) is 12.6. The Bertz CT molecular complexity index is 1680. The summed E-state index contributed by atoms with van der Waals surface area (Å²) in [5.74, 6) is -0.743. The van der Waals surface area contributed by atoms with Crippen LogP contribution in [0.4, 0.5) is 29.3 Å². The van der Waals surface area contributed by atoms with Gasteiger partial charge in [0.05, 0.1) is 16.8 Å². The lowest BCUT2D eigenvalue weighted by atomic mass is 10.0. The van der Waals surface area contributed by atoms with Crippen LogP contribution in [-0.2, 0) is 15.7 Å². The van der Waals surface area contributed by atoms with Crippen LogP contribution < -0.4 is 16.0 Å². The Balaban J connectivity index is 1.50. The zero-order chi connectivity index (χ0) is 31.3. The quantitative estimate of drug-likeness (QED) is 0.176. The van der Waals surface area contributed by atoms with Crippen molar-refractivity contribution in [1.82, 2.24) is 25.1 Å². The van der Waals surface area contributed by atoms with E-state index >= 15 is 0 Å². The highest BCUT2D eigenvalue weighted by molar-refractivity contribution is 6.02. The third kappa shape index (κ3) is 7.15. The van der Waals surface area contributed by atoms with E-state index < -0.39 is 35.7 Å². The Morgan fingerprint density at radius 3 is 2.33 bits per heavy atom. The SMILES string of the molecule is C/C=C(\C)OC(=O)[C@@H](NC(=O)c1ccnn2c(-c3ccc(NC(=O)Nc4ccccc4C(F)(F)F)cc3)nnc12)C(C)C. The third-order valence-electron chi connectivity index (χ3n) is 6.31. The number of allylic oxidation sites excluding steroid dienone is 2. The van der Waals surface area contributed by atoms with E-state index in [1.165, 1.54) is 41.0 Å². The van der Waals surface area contributed by atoms with Gasteiger partial charge in [-0.25, -0.2) is 9.59 Å². The number of nitrogens with zero attached hydrogens (tertiary/aromatic N) is 4. The largest absolute Gasteiger partial charge is 0.430 e. The van der Waals surface area contributed by atoms with E-state index in [4.69, 9.17) is 4.74 Å². The fourth-order valence-electron chi connectivity index (χ4n) is 3.99. The van der Waals surface area contributed by atoms with Gasteiger partial charge in [0.1, 0.15) is 11.8 Å². The number of nitrogens with one attached hydrogen (secondary N) is 3. The number of hydrogen-bond donors (Lipinski definition) is 3. The number of anilines is 2. The molecule has 0 unspecified atom stereocenters. The van der Waals surface area contributed by atoms with E-state index in [2.05, 4.69) is 31.2 Å². The lowest BCUT2D eigenvalue weighted by Gasteiger charge is -2.21. The molecule has 0 saturated carbocycles. The van der Waals surface area contributed by atoms with Gasteiger partial charge in [0.25, 0.3) is 5.91 Å². The smallest absolute Gasteiger partial charge is 0.418 e. The number of carbonyl (C=O) groups excluding carboxylic acids is 3. The molecule has 0 spiro atoms. The second-order valence-corrected chi connectivity index (χ2v) is 9.72. The van der Waals surface area contributed by atoms with Gasteiger partial charge in [-0.2, -0.15) is 22.8 Å². The first-order valence-corrected chi connectivity index (χ1v) is 13.1. The maximum atomic E-state index is 13.2. The fraction of sp³-hybridized carbons (Fsp3) is 0.241. The van der Waals surface area contributed by atoms with Crippen molar-refractivity contribution in [3.05, 3.63) is 83.8 Å². The van der Waals surface area contributed by atoms with Crippen molar-refractivity contribution in [3.63, 3.8) is 0 Å². The lowest BCUT2D eigenvalue weighted by Crippen LogP contribution is -2.45. The number of esters is 1. The van der Waals surface area contributed by atoms with Gasteiger partial charge in [-0.05, 0) is 68.3 Å². The number of urea groups is 1. The molecular weight excluding hydrogens is 567 g/mol. The van der Waals surface area contributed by atoms with E-state index in [1.54, 1.807) is 45.9 Å². The summed E-state index contributed by atoms with van der Waals surface area (Å²) in [6.45, 7) is 6.91. The van der Waals surface area contributed by atoms with E-state index in [1.807, 2.05) is 0 Å². The second kappa shape index (κ2) is 12.7. The molecule has 2 aromatic carbocycles. The maximum absolute atomic E-state index is 13.2. The molecule has 2 heterocycles. The van der Waals surface area contributed by atoms with Crippen molar-refractivity contribution in [3.8, 4) is 11.4 Å². The van der Waals surface area contributed by atoms with Crippen molar-refractivity contribution in [2.75, 3.05) is 10.6 Å². The van der Waals surface area contributed by atoms with Gasteiger partial charge < -0.3 is 20.7 Å². The predicted molar refractivity (Wildman–Crippen MR) is 152 cm³/mol. The van der Waals surface area contributed by atoms with Crippen LogP contribution in [0.15, 0.2) is 72.6 Å². The zero-order valence-electron chi connectivity index (χ0n) is 23.6. The average Bonchev–Trinajstić information content (AvgIpc) is 3.40. The van der Waals surface area contributed by atoms with Crippen molar-refractivity contribution < 1.29 is 32.3 Å². The molecule has 0 radical (unpaired) electrons. The van der Waals surface area contributed by atoms with Crippen molar-refractivity contribution in [2.45, 2.75) is 39.9 Å². The summed E-state index contributed by atoms with van der Waals surface area (Å²) in [5, 5.41) is 19.9.